The Morgan fingerprint density at radius 3 is 1.85 bits per heavy atom. The normalized spacial score (nSPS) is 16.6. The van der Waals surface area contributed by atoms with Crippen LogP contribution in [0.5, 0.6) is 0 Å². The fraction of sp³-hybridized carbons (Fsp3) is 0.909. The minimum Gasteiger partial charge on any atom is -0.480 e. The summed E-state index contributed by atoms with van der Waals surface area (Å²) in [7, 11) is 0. The lowest BCUT2D eigenvalue weighted by Gasteiger charge is -2.16. The predicted molar refractivity (Wildman–Crippen MR) is 69.6 cm³/mol. The molecule has 0 aromatic heterocycles. The number of aliphatic carboxylic acids is 1. The average molecular weight is 300 g/mol. The van der Waals surface area contributed by atoms with Crippen molar-refractivity contribution in [2.24, 2.45) is 11.5 Å². The first kappa shape index (κ1) is 21.5. The van der Waals surface area contributed by atoms with Crippen molar-refractivity contribution >= 4 is 5.97 Å². The smallest absolute Gasteiger partial charge is 0.320 e. The van der Waals surface area contributed by atoms with Crippen LogP contribution in [0.15, 0.2) is 0 Å². The van der Waals surface area contributed by atoms with Crippen molar-refractivity contribution in [3.63, 3.8) is 0 Å². The number of carboxylic acid groups (broad SMARTS) is 1. The number of aliphatic hydroxyl groups is 4. The minimum absolute atomic E-state index is 0.520. The van der Waals surface area contributed by atoms with E-state index in [1.54, 1.807) is 0 Å². The van der Waals surface area contributed by atoms with Crippen LogP contribution in [0.3, 0.4) is 0 Å². The largest absolute Gasteiger partial charge is 0.480 e. The number of carboxylic acids is 1. The molecule has 20 heavy (non-hydrogen) atoms. The summed E-state index contributed by atoms with van der Waals surface area (Å²) in [5.41, 5.74) is 10.4. The van der Waals surface area contributed by atoms with E-state index in [4.69, 9.17) is 37.0 Å². The van der Waals surface area contributed by atoms with E-state index in [1.165, 1.54) is 0 Å². The molecule has 0 spiro atoms. The van der Waals surface area contributed by atoms with Crippen LogP contribution in [0.1, 0.15) is 19.3 Å². The fourth-order valence-corrected chi connectivity index (χ4v) is 1.09. The Morgan fingerprint density at radius 2 is 1.55 bits per heavy atom. The van der Waals surface area contributed by atoms with Gasteiger partial charge in [-0.15, -0.1) is 0 Å². The van der Waals surface area contributed by atoms with Crippen molar-refractivity contribution in [2.75, 3.05) is 19.8 Å². The Labute approximate surface area is 116 Å². The molecule has 0 bridgehead atoms. The number of rotatable bonds is 9. The Kier molecular flexibility index (Phi) is 14.1. The second-order valence-electron chi connectivity index (χ2n) is 4.17. The number of nitrogens with two attached hydrogens (primary N) is 2. The highest BCUT2D eigenvalue weighted by molar-refractivity contribution is 5.72. The van der Waals surface area contributed by atoms with Crippen LogP contribution in [0.2, 0.25) is 0 Å². The maximum absolute atomic E-state index is 12.4. The van der Waals surface area contributed by atoms with E-state index in [0.717, 1.165) is 12.8 Å². The maximum atomic E-state index is 12.4. The number of unbranched alkanes of at least 4 members (excludes halogenated alkanes) is 1. The lowest BCUT2D eigenvalue weighted by Crippen LogP contribution is -2.38. The van der Waals surface area contributed by atoms with Gasteiger partial charge in [0, 0.05) is 0 Å². The van der Waals surface area contributed by atoms with Crippen LogP contribution in [0.25, 0.3) is 0 Å². The Hall–Kier alpha value is -0.840. The van der Waals surface area contributed by atoms with Crippen LogP contribution in [0, 0.1) is 0 Å². The van der Waals surface area contributed by atoms with Gasteiger partial charge < -0.3 is 37.0 Å². The van der Waals surface area contributed by atoms with Crippen LogP contribution in [-0.2, 0) is 4.79 Å². The SMILES string of the molecule is NCCCCC(N)C(=O)O.OC[C@@H](O)[C@H](F)[C@@H](O)CO. The highest BCUT2D eigenvalue weighted by atomic mass is 19.1. The van der Waals surface area contributed by atoms with E-state index in [2.05, 4.69) is 0 Å². The highest BCUT2D eigenvalue weighted by Gasteiger charge is 2.25. The van der Waals surface area contributed by atoms with Gasteiger partial charge in [0.05, 0.1) is 13.2 Å². The van der Waals surface area contributed by atoms with Gasteiger partial charge in [-0.2, -0.15) is 0 Å². The van der Waals surface area contributed by atoms with E-state index in [-0.39, 0.29) is 0 Å². The molecule has 0 aromatic rings. The molecule has 0 saturated carbocycles. The lowest BCUT2D eigenvalue weighted by atomic mass is 10.1. The molecular formula is C11H25FN2O6. The number of carbonyl (C=O) groups is 1. The Balaban J connectivity index is 0. The summed E-state index contributed by atoms with van der Waals surface area (Å²) in [4.78, 5) is 10.1. The molecule has 0 rings (SSSR count). The van der Waals surface area contributed by atoms with Crippen molar-refractivity contribution in [3.8, 4) is 0 Å². The fourth-order valence-electron chi connectivity index (χ4n) is 1.09. The third kappa shape index (κ3) is 11.0. The third-order valence-electron chi connectivity index (χ3n) is 2.40. The molecule has 0 aliphatic carbocycles. The zero-order valence-corrected chi connectivity index (χ0v) is 11.2. The van der Waals surface area contributed by atoms with E-state index >= 15 is 0 Å². The van der Waals surface area contributed by atoms with Crippen LogP contribution in [0.4, 0.5) is 4.39 Å². The summed E-state index contributed by atoms with van der Waals surface area (Å²) in [6.45, 7) is -0.928. The van der Waals surface area contributed by atoms with E-state index < -0.39 is 43.6 Å². The zero-order chi connectivity index (χ0) is 16.1. The Morgan fingerprint density at radius 1 is 1.10 bits per heavy atom. The summed E-state index contributed by atoms with van der Waals surface area (Å²) >= 11 is 0. The Bertz CT molecular complexity index is 237. The highest BCUT2D eigenvalue weighted by Crippen LogP contribution is 2.03. The molecular weight excluding hydrogens is 275 g/mol. The van der Waals surface area contributed by atoms with Crippen molar-refractivity contribution in [1.82, 2.24) is 0 Å². The van der Waals surface area contributed by atoms with E-state index in [0.29, 0.717) is 13.0 Å². The average Bonchev–Trinajstić information content (AvgIpc) is 2.45. The zero-order valence-electron chi connectivity index (χ0n) is 11.2. The molecule has 0 aliphatic rings. The molecule has 0 saturated heterocycles. The van der Waals surface area contributed by atoms with Gasteiger partial charge in [0.1, 0.15) is 18.2 Å². The van der Waals surface area contributed by atoms with Gasteiger partial charge >= 0.3 is 5.97 Å². The summed E-state index contributed by atoms with van der Waals surface area (Å²) in [5, 5.41) is 41.7. The molecule has 0 amide bonds. The van der Waals surface area contributed by atoms with Crippen molar-refractivity contribution < 1.29 is 34.7 Å². The van der Waals surface area contributed by atoms with Crippen LogP contribution < -0.4 is 11.5 Å². The molecule has 122 valence electrons. The number of halogens is 1. The molecule has 0 fully saturated rings. The van der Waals surface area contributed by atoms with Crippen molar-refractivity contribution in [3.05, 3.63) is 0 Å². The lowest BCUT2D eigenvalue weighted by molar-refractivity contribution is -0.138. The molecule has 4 atom stereocenters. The number of alkyl halides is 1. The molecule has 0 heterocycles. The van der Waals surface area contributed by atoms with Crippen molar-refractivity contribution in [1.29, 1.82) is 0 Å². The molecule has 1 unspecified atom stereocenters. The van der Waals surface area contributed by atoms with E-state index in [1.807, 2.05) is 0 Å². The summed E-state index contributed by atoms with van der Waals surface area (Å²) in [6.07, 6.45) is -3.07. The van der Waals surface area contributed by atoms with Gasteiger partial charge in [0.2, 0.25) is 0 Å². The van der Waals surface area contributed by atoms with Gasteiger partial charge in [-0.05, 0) is 19.4 Å². The number of hydrogen-bond acceptors (Lipinski definition) is 7. The maximum Gasteiger partial charge on any atom is 0.320 e. The molecule has 9 N–H and O–H groups in total. The molecule has 9 heteroatoms. The monoisotopic (exact) mass is 300 g/mol. The predicted octanol–water partition coefficient (Wildman–Crippen LogP) is -2.44. The van der Waals surface area contributed by atoms with Gasteiger partial charge in [0.15, 0.2) is 6.17 Å². The standard InChI is InChI=1S/C6H14N2O2.C5H11FO4/c7-4-2-1-3-5(8)6(9)10;6-5(3(9)1-7)4(10)2-8/h5H,1-4,7-8H2,(H,9,10);3-5,7-10H,1-2H2/t;3-,4+,5+. The first-order chi connectivity index (χ1) is 9.31. The number of aliphatic hydroxyl groups excluding tert-OH is 4. The van der Waals surface area contributed by atoms with Gasteiger partial charge in [0.25, 0.3) is 0 Å². The minimum atomic E-state index is -1.99. The molecule has 0 aromatic carbocycles. The molecule has 0 radical (unpaired) electrons. The van der Waals surface area contributed by atoms with Gasteiger partial charge in [-0.25, -0.2) is 4.39 Å². The molecule has 8 nitrogen and oxygen atoms in total. The third-order valence-corrected chi connectivity index (χ3v) is 2.40. The molecule has 0 aliphatic heterocycles. The van der Waals surface area contributed by atoms with Gasteiger partial charge in [-0.3, -0.25) is 4.79 Å². The van der Waals surface area contributed by atoms with Gasteiger partial charge in [-0.1, -0.05) is 6.42 Å². The van der Waals surface area contributed by atoms with Crippen LogP contribution >= 0.6 is 0 Å². The first-order valence-electron chi connectivity index (χ1n) is 6.22. The first-order valence-corrected chi connectivity index (χ1v) is 6.22. The summed E-state index contributed by atoms with van der Waals surface area (Å²) < 4.78 is 12.4. The summed E-state index contributed by atoms with van der Waals surface area (Å²) in [5.74, 6) is -0.933. The van der Waals surface area contributed by atoms with E-state index in [9.17, 15) is 9.18 Å². The number of hydrogen-bond donors (Lipinski definition) is 7. The second kappa shape index (κ2) is 13.2. The second-order valence-corrected chi connectivity index (χ2v) is 4.17. The van der Waals surface area contributed by atoms with Crippen molar-refractivity contribution in [2.45, 2.75) is 43.7 Å². The topological polar surface area (TPSA) is 170 Å². The van der Waals surface area contributed by atoms with Crippen LogP contribution in [-0.4, -0.2) is 75.7 Å². The quantitative estimate of drug-likeness (QED) is 0.230. The summed E-state index contributed by atoms with van der Waals surface area (Å²) in [6, 6.07) is -0.716.